The van der Waals surface area contributed by atoms with Crippen LogP contribution in [-0.2, 0) is 0 Å². The average molecular weight is 312 g/mol. The van der Waals surface area contributed by atoms with Gasteiger partial charge in [0, 0.05) is 10.9 Å². The predicted molar refractivity (Wildman–Crippen MR) is 86.8 cm³/mol. The molecule has 0 heterocycles. The molecule has 20 heavy (non-hydrogen) atoms. The Hall–Kier alpha value is -0.670. The second-order valence-electron chi connectivity index (χ2n) is 5.36. The van der Waals surface area contributed by atoms with Gasteiger partial charge in [0.15, 0.2) is 0 Å². The van der Waals surface area contributed by atoms with Gasteiger partial charge in [0.25, 0.3) is 5.91 Å². The Morgan fingerprint density at radius 3 is 2.50 bits per heavy atom. The van der Waals surface area contributed by atoms with Crippen LogP contribution in [0.4, 0.5) is 0 Å². The number of carbonyl (C=O) groups excluding carboxylic acids is 1. The molecule has 0 bridgehead atoms. The minimum Gasteiger partial charge on any atom is -0.349 e. The fourth-order valence-corrected chi connectivity index (χ4v) is 3.31. The standard InChI is InChI=1S/C16H22ClNOS/c1-20-13-9-10-15(17)14(11-13)16(19)18-12-7-5-3-2-4-6-8-12/h9-12H,2-8H2,1H3,(H,18,19). The van der Waals surface area contributed by atoms with E-state index in [1.165, 1.54) is 32.1 Å². The van der Waals surface area contributed by atoms with Crippen LogP contribution >= 0.6 is 23.4 Å². The normalized spacial score (nSPS) is 17.3. The second-order valence-corrected chi connectivity index (χ2v) is 6.65. The first kappa shape index (κ1) is 15.7. The van der Waals surface area contributed by atoms with Crippen LogP contribution in [0.25, 0.3) is 0 Å². The number of amides is 1. The molecule has 4 heteroatoms. The smallest absolute Gasteiger partial charge is 0.253 e. The third kappa shape index (κ3) is 4.42. The molecule has 0 radical (unpaired) electrons. The number of nitrogens with one attached hydrogen (secondary N) is 1. The van der Waals surface area contributed by atoms with Gasteiger partial charge in [0.1, 0.15) is 0 Å². The monoisotopic (exact) mass is 311 g/mol. The van der Waals surface area contributed by atoms with Crippen LogP contribution in [0.15, 0.2) is 23.1 Å². The average Bonchev–Trinajstić information content (AvgIpc) is 2.42. The third-order valence-corrected chi connectivity index (χ3v) is 4.91. The van der Waals surface area contributed by atoms with Crippen LogP contribution in [-0.4, -0.2) is 18.2 Å². The lowest BCUT2D eigenvalue weighted by molar-refractivity contribution is 0.0930. The summed E-state index contributed by atoms with van der Waals surface area (Å²) in [4.78, 5) is 13.5. The van der Waals surface area contributed by atoms with E-state index in [2.05, 4.69) is 5.32 Å². The number of hydrogen-bond acceptors (Lipinski definition) is 2. The van der Waals surface area contributed by atoms with E-state index in [1.807, 2.05) is 18.4 Å². The summed E-state index contributed by atoms with van der Waals surface area (Å²) in [6, 6.07) is 5.93. The number of rotatable bonds is 3. The molecule has 1 N–H and O–H groups in total. The molecule has 1 aliphatic rings. The van der Waals surface area contributed by atoms with Crippen LogP contribution in [0.3, 0.4) is 0 Å². The van der Waals surface area contributed by atoms with Gasteiger partial charge in [0.05, 0.1) is 10.6 Å². The van der Waals surface area contributed by atoms with Gasteiger partial charge >= 0.3 is 0 Å². The van der Waals surface area contributed by atoms with Crippen LogP contribution in [0, 0.1) is 0 Å². The number of carbonyl (C=O) groups is 1. The summed E-state index contributed by atoms with van der Waals surface area (Å²) in [7, 11) is 0. The lowest BCUT2D eigenvalue weighted by Gasteiger charge is -2.21. The van der Waals surface area contributed by atoms with Gasteiger partial charge in [0.2, 0.25) is 0 Å². The zero-order valence-corrected chi connectivity index (χ0v) is 13.5. The quantitative estimate of drug-likeness (QED) is 0.804. The van der Waals surface area contributed by atoms with Crippen molar-refractivity contribution in [1.82, 2.24) is 5.32 Å². The molecule has 0 atom stereocenters. The van der Waals surface area contributed by atoms with E-state index < -0.39 is 0 Å². The molecular weight excluding hydrogens is 290 g/mol. The van der Waals surface area contributed by atoms with Gasteiger partial charge in [-0.15, -0.1) is 11.8 Å². The Bertz CT molecular complexity index is 456. The highest BCUT2D eigenvalue weighted by molar-refractivity contribution is 7.98. The topological polar surface area (TPSA) is 29.1 Å². The minimum atomic E-state index is -0.0310. The SMILES string of the molecule is CSc1ccc(Cl)c(C(=O)NC2CCCCCCC2)c1. The summed E-state index contributed by atoms with van der Waals surface area (Å²) in [6.45, 7) is 0. The molecule has 0 aliphatic heterocycles. The Kier molecular flexibility index (Phi) is 6.24. The molecule has 2 nitrogen and oxygen atoms in total. The first-order chi connectivity index (χ1) is 9.70. The van der Waals surface area contributed by atoms with Crippen molar-refractivity contribution in [2.75, 3.05) is 6.26 Å². The first-order valence-corrected chi connectivity index (χ1v) is 8.95. The molecule has 110 valence electrons. The van der Waals surface area contributed by atoms with Gasteiger partial charge in [-0.25, -0.2) is 0 Å². The fourth-order valence-electron chi connectivity index (χ4n) is 2.67. The number of hydrogen-bond donors (Lipinski definition) is 1. The van der Waals surface area contributed by atoms with E-state index in [0.29, 0.717) is 16.6 Å². The van der Waals surface area contributed by atoms with E-state index in [1.54, 1.807) is 17.8 Å². The van der Waals surface area contributed by atoms with E-state index in [0.717, 1.165) is 17.7 Å². The van der Waals surface area contributed by atoms with Crippen molar-refractivity contribution in [3.63, 3.8) is 0 Å². The van der Waals surface area contributed by atoms with Crippen LogP contribution < -0.4 is 5.32 Å². The van der Waals surface area contributed by atoms with Crippen molar-refractivity contribution in [3.8, 4) is 0 Å². The van der Waals surface area contributed by atoms with Crippen LogP contribution in [0.1, 0.15) is 55.3 Å². The van der Waals surface area contributed by atoms with Gasteiger partial charge in [-0.05, 0) is 37.3 Å². The van der Waals surface area contributed by atoms with Crippen molar-refractivity contribution in [2.45, 2.75) is 55.9 Å². The summed E-state index contributed by atoms with van der Waals surface area (Å²) in [5.41, 5.74) is 0.598. The third-order valence-electron chi connectivity index (χ3n) is 3.86. The number of halogens is 1. The first-order valence-electron chi connectivity index (χ1n) is 7.35. The lowest BCUT2D eigenvalue weighted by atomic mass is 9.96. The number of thioether (sulfide) groups is 1. The minimum absolute atomic E-state index is 0.0310. The van der Waals surface area contributed by atoms with Gasteiger partial charge < -0.3 is 5.32 Å². The Labute approximate surface area is 130 Å². The summed E-state index contributed by atoms with van der Waals surface area (Å²) in [5, 5.41) is 3.70. The van der Waals surface area contributed by atoms with Crippen molar-refractivity contribution in [3.05, 3.63) is 28.8 Å². The van der Waals surface area contributed by atoms with E-state index >= 15 is 0 Å². The molecule has 2 rings (SSSR count). The van der Waals surface area contributed by atoms with E-state index in [4.69, 9.17) is 11.6 Å². The maximum Gasteiger partial charge on any atom is 0.253 e. The fraction of sp³-hybridized carbons (Fsp3) is 0.562. The largest absolute Gasteiger partial charge is 0.349 e. The summed E-state index contributed by atoms with van der Waals surface area (Å²) in [5.74, 6) is -0.0310. The molecule has 0 aromatic heterocycles. The molecule has 0 saturated heterocycles. The lowest BCUT2D eigenvalue weighted by Crippen LogP contribution is -2.35. The zero-order chi connectivity index (χ0) is 14.4. The maximum atomic E-state index is 12.4. The molecule has 1 aliphatic carbocycles. The van der Waals surface area contributed by atoms with Crippen molar-refractivity contribution < 1.29 is 4.79 Å². The number of benzene rings is 1. The summed E-state index contributed by atoms with van der Waals surface area (Å²) in [6.07, 6.45) is 10.5. The van der Waals surface area contributed by atoms with Crippen molar-refractivity contribution in [1.29, 1.82) is 0 Å². The van der Waals surface area contributed by atoms with Crippen LogP contribution in [0.2, 0.25) is 5.02 Å². The zero-order valence-electron chi connectivity index (χ0n) is 12.0. The van der Waals surface area contributed by atoms with Crippen molar-refractivity contribution in [2.24, 2.45) is 0 Å². The molecule has 1 amide bonds. The molecule has 0 spiro atoms. The van der Waals surface area contributed by atoms with Crippen LogP contribution in [0.5, 0.6) is 0 Å². The Morgan fingerprint density at radius 2 is 1.85 bits per heavy atom. The molecule has 1 saturated carbocycles. The summed E-state index contributed by atoms with van der Waals surface area (Å²) >= 11 is 7.78. The molecule has 0 unspecified atom stereocenters. The predicted octanol–water partition coefficient (Wildman–Crippen LogP) is 4.90. The van der Waals surface area contributed by atoms with Gasteiger partial charge in [-0.2, -0.15) is 0 Å². The van der Waals surface area contributed by atoms with Crippen molar-refractivity contribution >= 4 is 29.3 Å². The van der Waals surface area contributed by atoms with Gasteiger partial charge in [-0.3, -0.25) is 4.79 Å². The molecule has 1 aromatic carbocycles. The molecule has 1 fully saturated rings. The summed E-state index contributed by atoms with van der Waals surface area (Å²) < 4.78 is 0. The highest BCUT2D eigenvalue weighted by Gasteiger charge is 2.17. The Balaban J connectivity index is 2.03. The molecular formula is C16H22ClNOS. The highest BCUT2D eigenvalue weighted by atomic mass is 35.5. The van der Waals surface area contributed by atoms with Gasteiger partial charge in [-0.1, -0.05) is 43.7 Å². The van der Waals surface area contributed by atoms with E-state index in [9.17, 15) is 4.79 Å². The molecule has 1 aromatic rings. The van der Waals surface area contributed by atoms with E-state index in [-0.39, 0.29) is 5.91 Å². The highest BCUT2D eigenvalue weighted by Crippen LogP contribution is 2.24. The second kappa shape index (κ2) is 7.94. The maximum absolute atomic E-state index is 12.4. The Morgan fingerprint density at radius 1 is 1.20 bits per heavy atom.